The number of halogens is 1. The number of nitrogens with zero attached hydrogens (tertiary/aromatic N) is 3. The number of phenols is 2. The lowest BCUT2D eigenvalue weighted by molar-refractivity contribution is 0.266. The van der Waals surface area contributed by atoms with Crippen LogP contribution in [0.5, 0.6) is 11.5 Å². The molecular weight excluding hydrogens is 430 g/mol. The molecule has 2 N–H and O–H groups in total. The molecule has 0 bridgehead atoms. The summed E-state index contributed by atoms with van der Waals surface area (Å²) in [6.07, 6.45) is 6.15. The van der Waals surface area contributed by atoms with Crippen LogP contribution in [-0.4, -0.2) is 44.3 Å². The van der Waals surface area contributed by atoms with E-state index in [1.54, 1.807) is 36.8 Å². The molecule has 0 radical (unpaired) electrons. The Hall–Kier alpha value is -3.29. The Morgan fingerprint density at radius 3 is 2.78 bits per heavy atom. The zero-order chi connectivity index (χ0) is 22.4. The van der Waals surface area contributed by atoms with Crippen LogP contribution in [0.2, 0.25) is 5.02 Å². The van der Waals surface area contributed by atoms with Crippen LogP contribution in [0.4, 0.5) is 0 Å². The van der Waals surface area contributed by atoms with Gasteiger partial charge in [0.25, 0.3) is 0 Å². The van der Waals surface area contributed by atoms with Crippen LogP contribution >= 0.6 is 11.6 Å². The quantitative estimate of drug-likeness (QED) is 0.483. The van der Waals surface area contributed by atoms with E-state index in [1.165, 1.54) is 12.1 Å². The third kappa shape index (κ3) is 3.43. The Balaban J connectivity index is 1.72. The van der Waals surface area contributed by atoms with E-state index in [2.05, 4.69) is 9.88 Å². The van der Waals surface area contributed by atoms with E-state index in [1.807, 2.05) is 17.8 Å². The summed E-state index contributed by atoms with van der Waals surface area (Å²) < 4.78 is 8.18. The van der Waals surface area contributed by atoms with Gasteiger partial charge in [-0.05, 0) is 32.1 Å². The summed E-state index contributed by atoms with van der Waals surface area (Å²) in [6.45, 7) is 1.48. The van der Waals surface area contributed by atoms with Crippen molar-refractivity contribution in [2.75, 3.05) is 13.6 Å². The highest BCUT2D eigenvalue weighted by Gasteiger charge is 2.37. The number of hydrogen-bond acceptors (Lipinski definition) is 6. The first-order valence-corrected chi connectivity index (χ1v) is 10.8. The smallest absolute Gasteiger partial charge is 0.197 e. The summed E-state index contributed by atoms with van der Waals surface area (Å²) in [5.41, 5.74) is 0.900. The molecule has 164 valence electrons. The molecule has 1 aliphatic rings. The average Bonchev–Trinajstić information content (AvgIpc) is 3.39. The van der Waals surface area contributed by atoms with Gasteiger partial charge in [0.2, 0.25) is 0 Å². The second kappa shape index (κ2) is 8.00. The summed E-state index contributed by atoms with van der Waals surface area (Å²) in [4.78, 5) is 19.4. The number of aromatic nitrogens is 2. The maximum Gasteiger partial charge on any atom is 0.197 e. The van der Waals surface area contributed by atoms with Crippen molar-refractivity contribution in [2.45, 2.75) is 24.9 Å². The molecule has 2 aromatic heterocycles. The molecule has 0 saturated carbocycles. The van der Waals surface area contributed by atoms with E-state index in [4.69, 9.17) is 16.0 Å². The molecule has 2 aromatic carbocycles. The maximum absolute atomic E-state index is 13.0. The zero-order valence-corrected chi connectivity index (χ0v) is 18.2. The second-order valence-electron chi connectivity index (χ2n) is 8.19. The first kappa shape index (κ1) is 20.6. The number of likely N-dealkylation sites (N-methyl/N-ethyl adjacent to an activating group) is 1. The lowest BCUT2D eigenvalue weighted by Gasteiger charge is -2.26. The van der Waals surface area contributed by atoms with E-state index in [-0.39, 0.29) is 40.2 Å². The Labute approximate surface area is 189 Å². The fraction of sp³-hybridized carbons (Fsp3) is 0.250. The Kier molecular flexibility index (Phi) is 5.15. The highest BCUT2D eigenvalue weighted by molar-refractivity contribution is 6.33. The minimum absolute atomic E-state index is 0.0390. The van der Waals surface area contributed by atoms with Crippen molar-refractivity contribution in [3.63, 3.8) is 0 Å². The van der Waals surface area contributed by atoms with Crippen LogP contribution in [0.25, 0.3) is 22.3 Å². The molecule has 1 fully saturated rings. The van der Waals surface area contributed by atoms with E-state index in [0.29, 0.717) is 22.7 Å². The molecule has 0 aliphatic carbocycles. The number of benzene rings is 2. The van der Waals surface area contributed by atoms with Gasteiger partial charge in [-0.25, -0.2) is 4.98 Å². The van der Waals surface area contributed by atoms with Crippen molar-refractivity contribution in [1.82, 2.24) is 14.5 Å². The Bertz CT molecular complexity index is 1350. The lowest BCUT2D eigenvalue weighted by Crippen LogP contribution is -2.32. The lowest BCUT2D eigenvalue weighted by atomic mass is 9.89. The largest absolute Gasteiger partial charge is 0.507 e. The molecule has 8 heteroatoms. The summed E-state index contributed by atoms with van der Waals surface area (Å²) in [7, 11) is 2.03. The van der Waals surface area contributed by atoms with E-state index < -0.39 is 5.43 Å². The molecule has 32 heavy (non-hydrogen) atoms. The maximum atomic E-state index is 13.0. The standard InChI is InChI=1S/C24H22ClN3O4/c1-27-8-6-15(17(27)12-28-9-7-26-13-28)22-18(29)10-19(30)23-20(31)11-21(32-24(22)23)14-4-2-3-5-16(14)25/h2-5,7,9-11,13,15,17,29-30H,6,8,12H2,1H3. The van der Waals surface area contributed by atoms with Gasteiger partial charge in [0, 0.05) is 54.2 Å². The average molecular weight is 452 g/mol. The number of phenolic OH excluding ortho intramolecular Hbond substituents is 2. The first-order chi connectivity index (χ1) is 15.4. The van der Waals surface area contributed by atoms with Crippen LogP contribution in [-0.2, 0) is 6.54 Å². The topological polar surface area (TPSA) is 91.7 Å². The van der Waals surface area contributed by atoms with Crippen molar-refractivity contribution >= 4 is 22.6 Å². The minimum Gasteiger partial charge on any atom is -0.507 e. The molecule has 0 amide bonds. The fourth-order valence-electron chi connectivity index (χ4n) is 4.70. The highest BCUT2D eigenvalue weighted by atomic mass is 35.5. The van der Waals surface area contributed by atoms with Gasteiger partial charge in [-0.15, -0.1) is 0 Å². The molecule has 2 atom stereocenters. The van der Waals surface area contributed by atoms with Gasteiger partial charge < -0.3 is 24.1 Å². The SMILES string of the molecule is CN1CCC(c2c(O)cc(O)c3c(=O)cc(-c4ccccc4Cl)oc23)C1Cn1ccnc1. The van der Waals surface area contributed by atoms with Crippen molar-refractivity contribution in [1.29, 1.82) is 0 Å². The van der Waals surface area contributed by atoms with Crippen molar-refractivity contribution < 1.29 is 14.6 Å². The molecule has 5 rings (SSSR count). The van der Waals surface area contributed by atoms with Crippen LogP contribution in [0.3, 0.4) is 0 Å². The molecule has 0 spiro atoms. The number of hydrogen-bond donors (Lipinski definition) is 2. The first-order valence-electron chi connectivity index (χ1n) is 10.4. The summed E-state index contributed by atoms with van der Waals surface area (Å²) in [6, 6.07) is 9.68. The van der Waals surface area contributed by atoms with Crippen molar-refractivity contribution in [3.8, 4) is 22.8 Å². The van der Waals surface area contributed by atoms with E-state index in [9.17, 15) is 15.0 Å². The highest BCUT2D eigenvalue weighted by Crippen LogP contribution is 2.45. The third-order valence-electron chi connectivity index (χ3n) is 6.29. The van der Waals surface area contributed by atoms with Gasteiger partial charge in [0.05, 0.1) is 11.3 Å². The number of fused-ring (bicyclic) bond motifs is 1. The minimum atomic E-state index is -0.391. The second-order valence-corrected chi connectivity index (χ2v) is 8.60. The van der Waals surface area contributed by atoms with Crippen LogP contribution in [0.15, 0.2) is 64.3 Å². The molecule has 7 nitrogen and oxygen atoms in total. The molecule has 1 aliphatic heterocycles. The number of likely N-dealkylation sites (tertiary alicyclic amines) is 1. The van der Waals surface area contributed by atoms with Gasteiger partial charge >= 0.3 is 0 Å². The predicted octanol–water partition coefficient (Wildman–Crippen LogP) is 4.21. The molecule has 2 unspecified atom stereocenters. The number of rotatable bonds is 4. The van der Waals surface area contributed by atoms with Gasteiger partial charge in [-0.2, -0.15) is 0 Å². The third-order valence-corrected chi connectivity index (χ3v) is 6.62. The van der Waals surface area contributed by atoms with Gasteiger partial charge in [-0.3, -0.25) is 4.79 Å². The summed E-state index contributed by atoms with van der Waals surface area (Å²) >= 11 is 6.34. The van der Waals surface area contributed by atoms with E-state index in [0.717, 1.165) is 13.0 Å². The molecule has 1 saturated heterocycles. The van der Waals surface area contributed by atoms with Crippen LogP contribution in [0.1, 0.15) is 17.9 Å². The van der Waals surface area contributed by atoms with Crippen LogP contribution in [0, 0.1) is 0 Å². The van der Waals surface area contributed by atoms with E-state index >= 15 is 0 Å². The monoisotopic (exact) mass is 451 g/mol. The summed E-state index contributed by atoms with van der Waals surface area (Å²) in [5.74, 6) is -0.226. The van der Waals surface area contributed by atoms with Gasteiger partial charge in [-0.1, -0.05) is 23.7 Å². The normalized spacial score (nSPS) is 19.1. The van der Waals surface area contributed by atoms with Crippen LogP contribution < -0.4 is 5.43 Å². The molecular formula is C24H22ClN3O4. The zero-order valence-electron chi connectivity index (χ0n) is 17.4. The molecule has 4 aromatic rings. The van der Waals surface area contributed by atoms with Crippen molar-refractivity contribution in [2.24, 2.45) is 0 Å². The number of imidazole rings is 1. The molecule has 3 heterocycles. The Morgan fingerprint density at radius 1 is 1.22 bits per heavy atom. The summed E-state index contributed by atoms with van der Waals surface area (Å²) in [5, 5.41) is 21.9. The van der Waals surface area contributed by atoms with Gasteiger partial charge in [0.1, 0.15) is 28.2 Å². The fourth-order valence-corrected chi connectivity index (χ4v) is 4.92. The van der Waals surface area contributed by atoms with Gasteiger partial charge in [0.15, 0.2) is 5.43 Å². The van der Waals surface area contributed by atoms with Crippen molar-refractivity contribution in [3.05, 3.63) is 75.9 Å². The Morgan fingerprint density at radius 2 is 2.03 bits per heavy atom. The predicted molar refractivity (Wildman–Crippen MR) is 122 cm³/mol. The number of aromatic hydroxyl groups is 2.